The Kier molecular flexibility index (Phi) is 5.71. The van der Waals surface area contributed by atoms with Crippen LogP contribution in [0.2, 0.25) is 0 Å². The normalized spacial score (nSPS) is 15.4. The van der Waals surface area contributed by atoms with E-state index in [0.29, 0.717) is 29.2 Å². The van der Waals surface area contributed by atoms with Gasteiger partial charge in [-0.3, -0.25) is 9.48 Å². The molecule has 0 fully saturated rings. The summed E-state index contributed by atoms with van der Waals surface area (Å²) in [6.45, 7) is 7.54. The van der Waals surface area contributed by atoms with Gasteiger partial charge in [-0.1, -0.05) is 6.07 Å². The maximum Gasteiger partial charge on any atom is 0.255 e. The predicted octanol–water partition coefficient (Wildman–Crippen LogP) is 4.04. The molecule has 0 saturated heterocycles. The fraction of sp³-hybridized carbons (Fsp3) is 0.308. The van der Waals surface area contributed by atoms with Crippen LogP contribution in [-0.2, 0) is 18.7 Å². The van der Waals surface area contributed by atoms with Crippen molar-refractivity contribution in [3.63, 3.8) is 0 Å². The molecule has 0 radical (unpaired) electrons. The molecule has 1 N–H and O–H groups in total. The Labute approximate surface area is 206 Å². The Bertz CT molecular complexity index is 1470. The highest BCUT2D eigenvalue weighted by molar-refractivity contribution is 5.96. The summed E-state index contributed by atoms with van der Waals surface area (Å²) < 4.78 is 30.4. The summed E-state index contributed by atoms with van der Waals surface area (Å²) in [5.41, 5.74) is 2.60. The number of amides is 1. The lowest BCUT2D eigenvalue weighted by Crippen LogP contribution is -2.29. The molecule has 0 spiro atoms. The van der Waals surface area contributed by atoms with Crippen molar-refractivity contribution in [1.29, 1.82) is 0 Å². The molecule has 0 bridgehead atoms. The molecular formula is C26H26F2N6O2. The number of aromatic nitrogens is 5. The summed E-state index contributed by atoms with van der Waals surface area (Å²) in [4.78, 5) is 19.7. The van der Waals surface area contributed by atoms with Crippen LogP contribution in [0.15, 0.2) is 48.9 Å². The average Bonchev–Trinajstić information content (AvgIpc) is 3.52. The number of pyridine rings is 1. The van der Waals surface area contributed by atoms with Crippen molar-refractivity contribution in [3.05, 3.63) is 94.2 Å². The Morgan fingerprint density at radius 1 is 1.19 bits per heavy atom. The van der Waals surface area contributed by atoms with Crippen LogP contribution in [0.4, 0.5) is 8.78 Å². The lowest BCUT2D eigenvalue weighted by Gasteiger charge is -2.23. The van der Waals surface area contributed by atoms with Gasteiger partial charge in [0.2, 0.25) is 0 Å². The number of halogens is 2. The number of hydrogen-bond acceptors (Lipinski definition) is 5. The van der Waals surface area contributed by atoms with E-state index in [1.54, 1.807) is 48.0 Å². The molecule has 8 nitrogen and oxygen atoms in total. The molecule has 0 saturated carbocycles. The molecule has 4 aromatic rings. The molecule has 4 heterocycles. The van der Waals surface area contributed by atoms with E-state index in [4.69, 9.17) is 0 Å². The maximum absolute atomic E-state index is 14.1. The van der Waals surface area contributed by atoms with Gasteiger partial charge >= 0.3 is 0 Å². The fourth-order valence-corrected chi connectivity index (χ4v) is 4.37. The third kappa shape index (κ3) is 4.28. The second-order valence-electron chi connectivity index (χ2n) is 9.64. The average molecular weight is 493 g/mol. The van der Waals surface area contributed by atoms with E-state index in [-0.39, 0.29) is 18.5 Å². The lowest BCUT2D eigenvalue weighted by atomic mass is 10.1. The summed E-state index contributed by atoms with van der Waals surface area (Å²) in [5.74, 6) is -0.934. The molecule has 186 valence electrons. The van der Waals surface area contributed by atoms with E-state index in [9.17, 15) is 18.7 Å². The number of aryl methyl sites for hydroxylation is 1. The zero-order valence-corrected chi connectivity index (χ0v) is 20.4. The van der Waals surface area contributed by atoms with Crippen LogP contribution in [-0.4, -0.2) is 40.5 Å². The van der Waals surface area contributed by atoms with Gasteiger partial charge in [-0.15, -0.1) is 0 Å². The third-order valence-electron chi connectivity index (χ3n) is 6.49. The third-order valence-corrected chi connectivity index (χ3v) is 6.49. The maximum atomic E-state index is 14.1. The van der Waals surface area contributed by atoms with Crippen molar-refractivity contribution < 1.29 is 18.7 Å². The molecule has 1 aromatic carbocycles. The zero-order valence-electron chi connectivity index (χ0n) is 20.4. The highest BCUT2D eigenvalue weighted by Crippen LogP contribution is 2.34. The van der Waals surface area contributed by atoms with Crippen LogP contribution in [0.3, 0.4) is 0 Å². The first kappa shape index (κ1) is 23.8. The van der Waals surface area contributed by atoms with Gasteiger partial charge in [0.15, 0.2) is 5.82 Å². The molecule has 1 atom stereocenters. The number of nitrogens with zero attached hydrogens (tertiary/aromatic N) is 6. The minimum atomic E-state index is -1.10. The highest BCUT2D eigenvalue weighted by Gasteiger charge is 2.34. The molecular weight excluding hydrogens is 466 g/mol. The van der Waals surface area contributed by atoms with E-state index in [1.807, 2.05) is 20.0 Å². The summed E-state index contributed by atoms with van der Waals surface area (Å²) in [6, 6.07) is 6.65. The van der Waals surface area contributed by atoms with E-state index in [0.717, 1.165) is 22.9 Å². The van der Waals surface area contributed by atoms with Crippen molar-refractivity contribution >= 4 is 5.91 Å². The highest BCUT2D eigenvalue weighted by atomic mass is 19.1. The smallest absolute Gasteiger partial charge is 0.255 e. The summed E-state index contributed by atoms with van der Waals surface area (Å²) in [5, 5.41) is 19.1. The summed E-state index contributed by atoms with van der Waals surface area (Å²) in [6.07, 6.45) is 5.13. The number of hydrogen-bond donors (Lipinski definition) is 1. The largest absolute Gasteiger partial charge is 0.384 e. The molecule has 0 aliphatic carbocycles. The summed E-state index contributed by atoms with van der Waals surface area (Å²) >= 11 is 0. The molecule has 1 aliphatic heterocycles. The molecule has 10 heteroatoms. The van der Waals surface area contributed by atoms with E-state index in [2.05, 4.69) is 15.2 Å². The number of carbonyl (C=O) groups excluding carboxylic acids is 1. The Morgan fingerprint density at radius 3 is 2.64 bits per heavy atom. The van der Waals surface area contributed by atoms with E-state index < -0.39 is 17.2 Å². The van der Waals surface area contributed by atoms with Crippen molar-refractivity contribution in [2.24, 2.45) is 0 Å². The number of aliphatic hydroxyl groups is 1. The van der Waals surface area contributed by atoms with Crippen LogP contribution in [0, 0.1) is 18.6 Å². The first-order valence-corrected chi connectivity index (χ1v) is 11.6. The van der Waals surface area contributed by atoms with Crippen molar-refractivity contribution in [3.8, 4) is 5.82 Å². The fourth-order valence-electron chi connectivity index (χ4n) is 4.37. The standard InChI is InChI=1S/C26H26F2N6O2/c1-15-11-29-24(34-8-7-23(31-34)26(3,4)36)10-19(15)25(35)33-14-22-20(16(33)2)13-32(30-22)12-17-5-6-18(27)9-21(17)28/h5-11,13,16,36H,12,14H2,1-4H3. The molecule has 1 amide bonds. The van der Waals surface area contributed by atoms with Crippen molar-refractivity contribution in [1.82, 2.24) is 29.4 Å². The Balaban J connectivity index is 1.36. The molecule has 36 heavy (non-hydrogen) atoms. The summed E-state index contributed by atoms with van der Waals surface area (Å²) in [7, 11) is 0. The SMILES string of the molecule is Cc1cnc(-n2ccc(C(C)(C)O)n2)cc1C(=O)N1Cc2nn(Cc3ccc(F)cc3F)cc2C1C. The van der Waals surface area contributed by atoms with Crippen LogP contribution in [0.1, 0.15) is 65.2 Å². The molecule has 3 aromatic heterocycles. The molecule has 1 aliphatic rings. The first-order valence-electron chi connectivity index (χ1n) is 11.6. The molecule has 1 unspecified atom stereocenters. The van der Waals surface area contributed by atoms with Gasteiger partial charge in [0.05, 0.1) is 30.5 Å². The minimum absolute atomic E-state index is 0.160. The van der Waals surface area contributed by atoms with E-state index >= 15 is 0 Å². The molecule has 5 rings (SSSR count). The lowest BCUT2D eigenvalue weighted by molar-refractivity contribution is 0.0699. The van der Waals surface area contributed by atoms with Gasteiger partial charge in [0.25, 0.3) is 5.91 Å². The minimum Gasteiger partial charge on any atom is -0.384 e. The number of carbonyl (C=O) groups is 1. The van der Waals surface area contributed by atoms with Gasteiger partial charge in [0.1, 0.15) is 17.2 Å². The van der Waals surface area contributed by atoms with Gasteiger partial charge in [-0.25, -0.2) is 18.4 Å². The Morgan fingerprint density at radius 2 is 1.97 bits per heavy atom. The van der Waals surface area contributed by atoms with Gasteiger partial charge in [0, 0.05) is 41.3 Å². The second kappa shape index (κ2) is 8.63. The van der Waals surface area contributed by atoms with Crippen LogP contribution >= 0.6 is 0 Å². The van der Waals surface area contributed by atoms with Gasteiger partial charge < -0.3 is 10.0 Å². The zero-order chi connectivity index (χ0) is 25.8. The number of fused-ring (bicyclic) bond motifs is 1. The second-order valence-corrected chi connectivity index (χ2v) is 9.64. The predicted molar refractivity (Wildman–Crippen MR) is 127 cm³/mol. The van der Waals surface area contributed by atoms with E-state index in [1.165, 1.54) is 16.8 Å². The number of benzene rings is 1. The van der Waals surface area contributed by atoms with Gasteiger partial charge in [-0.2, -0.15) is 10.2 Å². The topological polar surface area (TPSA) is 89.1 Å². The first-order chi connectivity index (χ1) is 17.0. The van der Waals surface area contributed by atoms with Crippen molar-refractivity contribution in [2.45, 2.75) is 52.4 Å². The van der Waals surface area contributed by atoms with Crippen LogP contribution < -0.4 is 0 Å². The number of rotatable bonds is 5. The van der Waals surface area contributed by atoms with Crippen molar-refractivity contribution in [2.75, 3.05) is 0 Å². The van der Waals surface area contributed by atoms with Crippen LogP contribution in [0.25, 0.3) is 5.82 Å². The van der Waals surface area contributed by atoms with Crippen LogP contribution in [0.5, 0.6) is 0 Å². The van der Waals surface area contributed by atoms with Gasteiger partial charge in [-0.05, 0) is 51.5 Å². The Hall–Kier alpha value is -3.92. The monoisotopic (exact) mass is 492 g/mol. The quantitative estimate of drug-likeness (QED) is 0.454.